The number of ether oxygens (including phenoxy) is 1. The number of anilines is 2. The summed E-state index contributed by atoms with van der Waals surface area (Å²) in [6.45, 7) is -0.958. The van der Waals surface area contributed by atoms with Crippen molar-refractivity contribution in [1.82, 2.24) is 5.32 Å². The molecule has 0 unspecified atom stereocenters. The monoisotopic (exact) mass is 411 g/mol. The quantitative estimate of drug-likeness (QED) is 0.680. The summed E-state index contributed by atoms with van der Waals surface area (Å²) in [5.41, 5.74) is 0.641. The molecule has 1 heterocycles. The van der Waals surface area contributed by atoms with Crippen LogP contribution < -0.4 is 19.7 Å². The minimum atomic E-state index is -3.99. The summed E-state index contributed by atoms with van der Waals surface area (Å²) in [5, 5.41) is 2.14. The van der Waals surface area contributed by atoms with E-state index in [1.807, 2.05) is 0 Å². The first kappa shape index (κ1) is 19.5. The molecule has 2 aromatic carbocycles. The summed E-state index contributed by atoms with van der Waals surface area (Å²) in [7, 11) is -3.99. The van der Waals surface area contributed by atoms with Gasteiger partial charge >= 0.3 is 6.03 Å². The summed E-state index contributed by atoms with van der Waals surface area (Å²) in [5.74, 6) is -0.424. The van der Waals surface area contributed by atoms with Crippen LogP contribution in [0.4, 0.5) is 25.0 Å². The van der Waals surface area contributed by atoms with Crippen LogP contribution in [-0.4, -0.2) is 39.9 Å². The number of halogens is 2. The molecule has 11 heteroatoms. The van der Waals surface area contributed by atoms with E-state index in [0.717, 1.165) is 6.07 Å². The Morgan fingerprint density at radius 2 is 1.86 bits per heavy atom. The van der Waals surface area contributed by atoms with Gasteiger partial charge in [0.1, 0.15) is 18.9 Å². The second-order valence-electron chi connectivity index (χ2n) is 5.77. The third-order valence-electron chi connectivity index (χ3n) is 3.72. The van der Waals surface area contributed by atoms with Crippen molar-refractivity contribution in [3.05, 3.63) is 48.5 Å². The van der Waals surface area contributed by atoms with Crippen molar-refractivity contribution in [3.8, 4) is 5.75 Å². The molecule has 0 spiro atoms. The number of carbonyl (C=O) groups excluding carboxylic acids is 2. The summed E-state index contributed by atoms with van der Waals surface area (Å²) in [6.07, 6.45) is -2.68. The van der Waals surface area contributed by atoms with Gasteiger partial charge in [-0.05, 0) is 36.4 Å². The van der Waals surface area contributed by atoms with Crippen molar-refractivity contribution in [1.29, 1.82) is 0 Å². The van der Waals surface area contributed by atoms with E-state index in [0.29, 0.717) is 5.69 Å². The molecule has 28 heavy (non-hydrogen) atoms. The first-order chi connectivity index (χ1) is 13.2. The number of sulfonamides is 1. The van der Waals surface area contributed by atoms with Crippen LogP contribution in [0.25, 0.3) is 0 Å². The standard InChI is InChI=1S/C17H15F2N3O5S/c18-15(19)10-27-13-2-1-3-14(8-13)28(25,26)21-11-4-6-12(7-5-11)22-9-16(23)20-17(22)24/h1-8,15,21H,9-10H2,(H,20,23,24). The number of rotatable bonds is 7. The largest absolute Gasteiger partial charge is 0.488 e. The zero-order valence-corrected chi connectivity index (χ0v) is 15.1. The van der Waals surface area contributed by atoms with Gasteiger partial charge in [-0.3, -0.25) is 19.7 Å². The predicted octanol–water partition coefficient (Wildman–Crippen LogP) is 2.19. The molecule has 3 amide bonds. The summed E-state index contributed by atoms with van der Waals surface area (Å²) in [4.78, 5) is 23.9. The molecule has 0 bridgehead atoms. The molecule has 2 N–H and O–H groups in total. The van der Waals surface area contributed by atoms with E-state index in [-0.39, 0.29) is 22.9 Å². The lowest BCUT2D eigenvalue weighted by molar-refractivity contribution is -0.117. The minimum absolute atomic E-state index is 0.00300. The van der Waals surface area contributed by atoms with Gasteiger partial charge in [-0.15, -0.1) is 0 Å². The molecule has 148 valence electrons. The van der Waals surface area contributed by atoms with E-state index in [1.54, 1.807) is 0 Å². The maximum atomic E-state index is 12.5. The number of alkyl halides is 2. The molecule has 2 aromatic rings. The van der Waals surface area contributed by atoms with Gasteiger partial charge in [0, 0.05) is 17.4 Å². The fourth-order valence-electron chi connectivity index (χ4n) is 2.46. The van der Waals surface area contributed by atoms with E-state index in [9.17, 15) is 26.8 Å². The molecule has 0 aromatic heterocycles. The maximum Gasteiger partial charge on any atom is 0.329 e. The third kappa shape index (κ3) is 4.55. The van der Waals surface area contributed by atoms with Crippen molar-refractivity contribution in [2.45, 2.75) is 11.3 Å². The molecule has 8 nitrogen and oxygen atoms in total. The Morgan fingerprint density at radius 1 is 1.14 bits per heavy atom. The Morgan fingerprint density at radius 3 is 2.46 bits per heavy atom. The van der Waals surface area contributed by atoms with Gasteiger partial charge in [-0.25, -0.2) is 22.0 Å². The van der Waals surface area contributed by atoms with Gasteiger partial charge in [0.05, 0.1) is 4.90 Å². The molecule has 0 saturated carbocycles. The summed E-state index contributed by atoms with van der Waals surface area (Å²) in [6, 6.07) is 10.5. The van der Waals surface area contributed by atoms with Gasteiger partial charge in [-0.2, -0.15) is 0 Å². The normalized spacial score (nSPS) is 14.3. The summed E-state index contributed by atoms with van der Waals surface area (Å²) < 4.78 is 56.6. The van der Waals surface area contributed by atoms with Gasteiger partial charge in [-0.1, -0.05) is 6.07 Å². The zero-order chi connectivity index (χ0) is 20.3. The highest BCUT2D eigenvalue weighted by atomic mass is 32.2. The topological polar surface area (TPSA) is 105 Å². The molecular weight excluding hydrogens is 396 g/mol. The molecule has 0 radical (unpaired) electrons. The van der Waals surface area contributed by atoms with E-state index in [1.165, 1.54) is 47.4 Å². The highest BCUT2D eigenvalue weighted by molar-refractivity contribution is 7.92. The average molecular weight is 411 g/mol. The number of amides is 3. The average Bonchev–Trinajstić information content (AvgIpc) is 2.99. The van der Waals surface area contributed by atoms with E-state index in [2.05, 4.69) is 10.0 Å². The first-order valence-corrected chi connectivity index (χ1v) is 9.48. The Balaban J connectivity index is 1.73. The second kappa shape index (κ2) is 7.80. The van der Waals surface area contributed by atoms with Gasteiger partial charge < -0.3 is 4.74 Å². The van der Waals surface area contributed by atoms with Crippen LogP contribution in [0.1, 0.15) is 0 Å². The SMILES string of the molecule is O=C1CN(c2ccc(NS(=O)(=O)c3cccc(OCC(F)F)c3)cc2)C(=O)N1. The maximum absolute atomic E-state index is 12.5. The molecule has 1 fully saturated rings. The Bertz CT molecular complexity index is 996. The van der Waals surface area contributed by atoms with Crippen LogP contribution in [0, 0.1) is 0 Å². The molecule has 1 aliphatic rings. The molecule has 0 atom stereocenters. The van der Waals surface area contributed by atoms with E-state index < -0.39 is 35.0 Å². The minimum Gasteiger partial charge on any atom is -0.488 e. The van der Waals surface area contributed by atoms with Gasteiger partial charge in [0.25, 0.3) is 16.4 Å². The lowest BCUT2D eigenvalue weighted by Crippen LogP contribution is -2.27. The van der Waals surface area contributed by atoms with Gasteiger partial charge in [0.2, 0.25) is 5.91 Å². The highest BCUT2D eigenvalue weighted by Crippen LogP contribution is 2.23. The molecule has 3 rings (SSSR count). The number of urea groups is 1. The lowest BCUT2D eigenvalue weighted by atomic mass is 10.2. The molecule has 0 aliphatic carbocycles. The first-order valence-electron chi connectivity index (χ1n) is 8.00. The fourth-order valence-corrected chi connectivity index (χ4v) is 3.56. The number of hydrogen-bond acceptors (Lipinski definition) is 5. The highest BCUT2D eigenvalue weighted by Gasteiger charge is 2.27. The smallest absolute Gasteiger partial charge is 0.329 e. The second-order valence-corrected chi connectivity index (χ2v) is 7.45. The molecular formula is C17H15F2N3O5S. The third-order valence-corrected chi connectivity index (χ3v) is 5.10. The molecule has 1 saturated heterocycles. The Kier molecular flexibility index (Phi) is 5.45. The lowest BCUT2D eigenvalue weighted by Gasteiger charge is -2.14. The number of hydrogen-bond donors (Lipinski definition) is 2. The van der Waals surface area contributed by atoms with Crippen molar-refractivity contribution >= 4 is 33.3 Å². The number of imide groups is 1. The Labute approximate surface area is 159 Å². The van der Waals surface area contributed by atoms with Crippen LogP contribution in [0.15, 0.2) is 53.4 Å². The van der Waals surface area contributed by atoms with Crippen molar-refractivity contribution in [3.63, 3.8) is 0 Å². The van der Waals surface area contributed by atoms with E-state index >= 15 is 0 Å². The van der Waals surface area contributed by atoms with Gasteiger partial charge in [0.15, 0.2) is 0 Å². The van der Waals surface area contributed by atoms with Crippen LogP contribution in [0.2, 0.25) is 0 Å². The van der Waals surface area contributed by atoms with Crippen LogP contribution in [0.3, 0.4) is 0 Å². The van der Waals surface area contributed by atoms with E-state index in [4.69, 9.17) is 4.74 Å². The van der Waals surface area contributed by atoms with Crippen molar-refractivity contribution in [2.75, 3.05) is 22.8 Å². The zero-order valence-electron chi connectivity index (χ0n) is 14.3. The fraction of sp³-hybridized carbons (Fsp3) is 0.176. The van der Waals surface area contributed by atoms with Crippen LogP contribution >= 0.6 is 0 Å². The van der Waals surface area contributed by atoms with Crippen molar-refractivity contribution < 1.29 is 31.5 Å². The number of carbonyl (C=O) groups is 2. The van der Waals surface area contributed by atoms with Crippen molar-refractivity contribution in [2.24, 2.45) is 0 Å². The number of nitrogens with one attached hydrogen (secondary N) is 2. The predicted molar refractivity (Wildman–Crippen MR) is 96.1 cm³/mol. The molecule has 1 aliphatic heterocycles. The Hall–Kier alpha value is -3.21. The number of benzene rings is 2. The summed E-state index contributed by atoms with van der Waals surface area (Å²) >= 11 is 0. The van der Waals surface area contributed by atoms with Crippen LogP contribution in [0.5, 0.6) is 5.75 Å². The van der Waals surface area contributed by atoms with Crippen LogP contribution in [-0.2, 0) is 14.8 Å². The number of nitrogens with zero attached hydrogens (tertiary/aromatic N) is 1.